The number of carbonyl (C=O) groups excluding carboxylic acids is 1. The Morgan fingerprint density at radius 1 is 1.61 bits per heavy atom. The van der Waals surface area contributed by atoms with Gasteiger partial charge in [-0.15, -0.1) is 0 Å². The highest BCUT2D eigenvalue weighted by atomic mass is 32.2. The Kier molecular flexibility index (Phi) is 4.49. The molecule has 0 radical (unpaired) electrons. The lowest BCUT2D eigenvalue weighted by Gasteiger charge is -2.13. The highest BCUT2D eigenvalue weighted by Gasteiger charge is 2.22. The van der Waals surface area contributed by atoms with Crippen LogP contribution in [0.25, 0.3) is 0 Å². The van der Waals surface area contributed by atoms with Gasteiger partial charge in [-0.1, -0.05) is 6.92 Å². The van der Waals surface area contributed by atoms with Crippen molar-refractivity contribution in [3.05, 3.63) is 18.0 Å². The van der Waals surface area contributed by atoms with Gasteiger partial charge in [0.25, 0.3) is 5.91 Å². The van der Waals surface area contributed by atoms with Gasteiger partial charge in [-0.25, -0.2) is 13.1 Å². The molecule has 102 valence electrons. The molecule has 0 saturated carbocycles. The van der Waals surface area contributed by atoms with E-state index in [2.05, 4.69) is 4.72 Å². The van der Waals surface area contributed by atoms with E-state index in [1.165, 1.54) is 23.9 Å². The van der Waals surface area contributed by atoms with E-state index >= 15 is 0 Å². The molecule has 1 heterocycles. The van der Waals surface area contributed by atoms with Crippen LogP contribution in [0.5, 0.6) is 0 Å². The number of aryl methyl sites for hydroxylation is 1. The van der Waals surface area contributed by atoms with Gasteiger partial charge in [0.15, 0.2) is 0 Å². The second-order valence-electron chi connectivity index (χ2n) is 3.95. The van der Waals surface area contributed by atoms with Crippen LogP contribution in [0, 0.1) is 0 Å². The predicted octanol–water partition coefficient (Wildman–Crippen LogP) is -0.827. The van der Waals surface area contributed by atoms with E-state index in [-0.39, 0.29) is 17.2 Å². The molecule has 0 aliphatic carbocycles. The number of aliphatic hydroxyl groups is 1. The maximum Gasteiger partial charge on any atom is 0.265 e. The Morgan fingerprint density at radius 2 is 2.22 bits per heavy atom. The van der Waals surface area contributed by atoms with Crippen molar-refractivity contribution in [3.63, 3.8) is 0 Å². The molecule has 1 unspecified atom stereocenters. The molecule has 7 nitrogen and oxygen atoms in total. The van der Waals surface area contributed by atoms with Crippen LogP contribution in [0.1, 0.15) is 23.8 Å². The summed E-state index contributed by atoms with van der Waals surface area (Å²) in [4.78, 5) is 11.0. The maximum absolute atomic E-state index is 12.0. The highest BCUT2D eigenvalue weighted by molar-refractivity contribution is 7.89. The highest BCUT2D eigenvalue weighted by Crippen LogP contribution is 2.13. The Hall–Kier alpha value is -1.38. The number of sulfonamides is 1. The number of amides is 1. The fourth-order valence-electron chi connectivity index (χ4n) is 1.46. The number of primary amides is 1. The lowest BCUT2D eigenvalue weighted by Crippen LogP contribution is -2.36. The van der Waals surface area contributed by atoms with Gasteiger partial charge in [0.05, 0.1) is 6.61 Å². The maximum atomic E-state index is 12.0. The van der Waals surface area contributed by atoms with Crippen LogP contribution in [0.4, 0.5) is 0 Å². The van der Waals surface area contributed by atoms with Crippen LogP contribution in [0.15, 0.2) is 17.2 Å². The number of rotatable bonds is 6. The average molecular weight is 275 g/mol. The molecule has 0 aliphatic heterocycles. The van der Waals surface area contributed by atoms with Crippen LogP contribution in [-0.4, -0.2) is 36.6 Å². The van der Waals surface area contributed by atoms with Gasteiger partial charge < -0.3 is 15.4 Å². The van der Waals surface area contributed by atoms with E-state index < -0.39 is 22.0 Å². The molecule has 1 amide bonds. The number of aromatic nitrogens is 1. The zero-order chi connectivity index (χ0) is 13.9. The van der Waals surface area contributed by atoms with Gasteiger partial charge in [0, 0.05) is 19.3 Å². The van der Waals surface area contributed by atoms with Crippen LogP contribution in [0.3, 0.4) is 0 Å². The molecule has 0 aliphatic rings. The van der Waals surface area contributed by atoms with Crippen molar-refractivity contribution >= 4 is 15.9 Å². The normalized spacial score (nSPS) is 13.5. The number of nitrogens with one attached hydrogen (secondary N) is 1. The first-order valence-electron chi connectivity index (χ1n) is 5.41. The first kappa shape index (κ1) is 14.7. The van der Waals surface area contributed by atoms with Gasteiger partial charge in [-0.2, -0.15) is 0 Å². The Labute approximate surface area is 106 Å². The quantitative estimate of drug-likeness (QED) is 0.628. The number of hydrogen-bond donors (Lipinski definition) is 3. The first-order chi connectivity index (χ1) is 8.31. The number of hydrogen-bond acceptors (Lipinski definition) is 4. The Morgan fingerprint density at radius 3 is 2.61 bits per heavy atom. The van der Waals surface area contributed by atoms with Crippen molar-refractivity contribution in [1.29, 1.82) is 0 Å². The Bertz CT molecular complexity index is 531. The van der Waals surface area contributed by atoms with E-state index in [1.807, 2.05) is 0 Å². The number of aliphatic hydroxyl groups excluding tert-OH is 1. The number of carbonyl (C=O) groups is 1. The molecule has 0 aromatic carbocycles. The molecule has 1 aromatic rings. The zero-order valence-corrected chi connectivity index (χ0v) is 11.1. The average Bonchev–Trinajstić information content (AvgIpc) is 2.69. The lowest BCUT2D eigenvalue weighted by atomic mass is 10.3. The molecule has 4 N–H and O–H groups in total. The molecule has 1 rings (SSSR count). The van der Waals surface area contributed by atoms with Crippen molar-refractivity contribution in [3.8, 4) is 0 Å². The van der Waals surface area contributed by atoms with Crippen molar-refractivity contribution in [2.24, 2.45) is 12.8 Å². The van der Waals surface area contributed by atoms with Crippen LogP contribution >= 0.6 is 0 Å². The van der Waals surface area contributed by atoms with Crippen molar-refractivity contribution in [2.75, 3.05) is 6.61 Å². The van der Waals surface area contributed by atoms with E-state index in [9.17, 15) is 13.2 Å². The minimum Gasteiger partial charge on any atom is -0.395 e. The fourth-order valence-corrected chi connectivity index (χ4v) is 2.84. The molecule has 1 atom stereocenters. The summed E-state index contributed by atoms with van der Waals surface area (Å²) in [6.45, 7) is 1.47. The molecule has 0 spiro atoms. The third-order valence-corrected chi connectivity index (χ3v) is 4.07. The van der Waals surface area contributed by atoms with Crippen molar-refractivity contribution < 1.29 is 18.3 Å². The topological polar surface area (TPSA) is 114 Å². The predicted molar refractivity (Wildman–Crippen MR) is 65.4 cm³/mol. The summed E-state index contributed by atoms with van der Waals surface area (Å²) in [5, 5.41) is 8.98. The monoisotopic (exact) mass is 275 g/mol. The SMILES string of the molecule is CCC(CO)NS(=O)(=O)c1cc(C(N)=O)n(C)c1. The number of nitrogens with two attached hydrogens (primary N) is 1. The largest absolute Gasteiger partial charge is 0.395 e. The molecule has 8 heteroatoms. The third-order valence-electron chi connectivity index (χ3n) is 2.58. The molecule has 18 heavy (non-hydrogen) atoms. The molecular formula is C10H17N3O4S. The van der Waals surface area contributed by atoms with Crippen molar-refractivity contribution in [2.45, 2.75) is 24.3 Å². The van der Waals surface area contributed by atoms with Crippen LogP contribution in [-0.2, 0) is 17.1 Å². The standard InChI is InChI=1S/C10H17N3O4S/c1-3-7(6-14)12-18(16,17)8-4-9(10(11)15)13(2)5-8/h4-5,7,12,14H,3,6H2,1-2H3,(H2,11,15). The fraction of sp³-hybridized carbons (Fsp3) is 0.500. The summed E-state index contributed by atoms with van der Waals surface area (Å²) in [5.41, 5.74) is 5.21. The summed E-state index contributed by atoms with van der Waals surface area (Å²) in [6.07, 6.45) is 1.76. The molecule has 1 aromatic heterocycles. The van der Waals surface area contributed by atoms with Crippen LogP contribution in [0.2, 0.25) is 0 Å². The van der Waals surface area contributed by atoms with E-state index in [0.29, 0.717) is 6.42 Å². The first-order valence-corrected chi connectivity index (χ1v) is 6.89. The lowest BCUT2D eigenvalue weighted by molar-refractivity contribution is 0.0992. The Balaban J connectivity index is 3.06. The van der Waals surface area contributed by atoms with E-state index in [4.69, 9.17) is 10.8 Å². The third kappa shape index (κ3) is 3.09. The van der Waals surface area contributed by atoms with E-state index in [0.717, 1.165) is 0 Å². The van der Waals surface area contributed by atoms with Crippen LogP contribution < -0.4 is 10.5 Å². The van der Waals surface area contributed by atoms with Gasteiger partial charge in [0.1, 0.15) is 10.6 Å². The van der Waals surface area contributed by atoms with E-state index in [1.54, 1.807) is 6.92 Å². The molecule has 0 bridgehead atoms. The summed E-state index contributed by atoms with van der Waals surface area (Å²) in [5.74, 6) is -0.701. The number of nitrogens with zero attached hydrogens (tertiary/aromatic N) is 1. The summed E-state index contributed by atoms with van der Waals surface area (Å²) < 4.78 is 27.6. The summed E-state index contributed by atoms with van der Waals surface area (Å²) in [7, 11) is -2.23. The summed E-state index contributed by atoms with van der Waals surface area (Å²) >= 11 is 0. The second kappa shape index (κ2) is 5.51. The smallest absolute Gasteiger partial charge is 0.265 e. The molecule has 0 saturated heterocycles. The zero-order valence-electron chi connectivity index (χ0n) is 10.3. The molecular weight excluding hydrogens is 258 g/mol. The van der Waals surface area contributed by atoms with Gasteiger partial charge in [-0.3, -0.25) is 4.79 Å². The van der Waals surface area contributed by atoms with Gasteiger partial charge in [0.2, 0.25) is 10.0 Å². The van der Waals surface area contributed by atoms with Gasteiger partial charge in [-0.05, 0) is 12.5 Å². The summed E-state index contributed by atoms with van der Waals surface area (Å²) in [6, 6.07) is 0.654. The minimum atomic E-state index is -3.76. The molecule has 0 fully saturated rings. The van der Waals surface area contributed by atoms with Crippen molar-refractivity contribution in [1.82, 2.24) is 9.29 Å². The minimum absolute atomic E-state index is 0.0503. The van der Waals surface area contributed by atoms with Gasteiger partial charge >= 0.3 is 0 Å². The second-order valence-corrected chi connectivity index (χ2v) is 5.66.